The maximum atomic E-state index is 5.90. The third-order valence-corrected chi connectivity index (χ3v) is 4.55. The molecule has 2 aliphatic rings. The number of hydrogen-bond donors (Lipinski definition) is 1. The van der Waals surface area contributed by atoms with Gasteiger partial charge in [0.2, 0.25) is 5.95 Å². The molecular formula is C15H26ClN5. The Labute approximate surface area is 133 Å². The molecule has 1 fully saturated rings. The van der Waals surface area contributed by atoms with Crippen molar-refractivity contribution in [3.8, 4) is 0 Å². The first-order valence-electron chi connectivity index (χ1n) is 7.88. The number of rotatable bonds is 3. The van der Waals surface area contributed by atoms with Gasteiger partial charge in [-0.25, -0.2) is 9.97 Å². The summed E-state index contributed by atoms with van der Waals surface area (Å²) in [6.07, 6.45) is 4.69. The van der Waals surface area contributed by atoms with Crippen LogP contribution in [0.4, 0.5) is 5.95 Å². The zero-order chi connectivity index (χ0) is 13.9. The van der Waals surface area contributed by atoms with E-state index in [4.69, 9.17) is 15.7 Å². The molecule has 2 N–H and O–H groups in total. The maximum absolute atomic E-state index is 5.90. The Balaban J connectivity index is 0.00000161. The van der Waals surface area contributed by atoms with Gasteiger partial charge in [0.1, 0.15) is 0 Å². The van der Waals surface area contributed by atoms with E-state index in [2.05, 4.69) is 16.7 Å². The van der Waals surface area contributed by atoms with Crippen LogP contribution in [-0.2, 0) is 19.4 Å². The Bertz CT molecular complexity index is 454. The van der Waals surface area contributed by atoms with Gasteiger partial charge in [-0.15, -0.1) is 12.4 Å². The van der Waals surface area contributed by atoms with E-state index in [0.29, 0.717) is 6.54 Å². The van der Waals surface area contributed by atoms with Crippen molar-refractivity contribution in [2.45, 2.75) is 39.2 Å². The van der Waals surface area contributed by atoms with Gasteiger partial charge in [0.25, 0.3) is 0 Å². The first-order chi connectivity index (χ1) is 9.81. The van der Waals surface area contributed by atoms with E-state index >= 15 is 0 Å². The number of nitrogens with zero attached hydrogens (tertiary/aromatic N) is 4. The number of likely N-dealkylation sites (N-methyl/N-ethyl adjacent to an activating group) is 1. The van der Waals surface area contributed by atoms with Gasteiger partial charge in [0.15, 0.2) is 0 Å². The number of anilines is 1. The Morgan fingerprint density at radius 3 is 2.43 bits per heavy atom. The molecule has 0 aromatic carbocycles. The van der Waals surface area contributed by atoms with Crippen molar-refractivity contribution in [3.63, 3.8) is 0 Å². The van der Waals surface area contributed by atoms with Crippen molar-refractivity contribution < 1.29 is 0 Å². The lowest BCUT2D eigenvalue weighted by Crippen LogP contribution is -2.47. The van der Waals surface area contributed by atoms with Crippen LogP contribution in [0.3, 0.4) is 0 Å². The number of hydrogen-bond acceptors (Lipinski definition) is 5. The van der Waals surface area contributed by atoms with Crippen molar-refractivity contribution in [3.05, 3.63) is 17.0 Å². The molecular weight excluding hydrogens is 286 g/mol. The lowest BCUT2D eigenvalue weighted by atomic mass is 9.94. The summed E-state index contributed by atoms with van der Waals surface area (Å²) in [5.41, 5.74) is 9.55. The average Bonchev–Trinajstić information content (AvgIpc) is 2.54. The summed E-state index contributed by atoms with van der Waals surface area (Å²) in [5.74, 6) is 0.904. The first kappa shape index (κ1) is 16.5. The molecule has 0 unspecified atom stereocenters. The SMILES string of the molecule is CCN1CCN(c2nc(CN)c3c(n2)CCCC3)CC1.Cl. The van der Waals surface area contributed by atoms with Crippen LogP contribution in [0.15, 0.2) is 0 Å². The topological polar surface area (TPSA) is 58.3 Å². The van der Waals surface area contributed by atoms with E-state index in [1.165, 1.54) is 24.1 Å². The van der Waals surface area contributed by atoms with E-state index in [-0.39, 0.29) is 12.4 Å². The number of halogens is 1. The molecule has 118 valence electrons. The average molecular weight is 312 g/mol. The fourth-order valence-electron chi connectivity index (χ4n) is 3.23. The highest BCUT2D eigenvalue weighted by Crippen LogP contribution is 2.24. The number of fused-ring (bicyclic) bond motifs is 1. The quantitative estimate of drug-likeness (QED) is 0.914. The monoisotopic (exact) mass is 311 g/mol. The Kier molecular flexibility index (Phi) is 5.79. The van der Waals surface area contributed by atoms with Gasteiger partial charge >= 0.3 is 0 Å². The summed E-state index contributed by atoms with van der Waals surface area (Å²) in [5, 5.41) is 0. The molecule has 1 aliphatic carbocycles. The van der Waals surface area contributed by atoms with E-state index < -0.39 is 0 Å². The third kappa shape index (κ3) is 3.47. The summed E-state index contributed by atoms with van der Waals surface area (Å²) in [7, 11) is 0. The largest absolute Gasteiger partial charge is 0.338 e. The van der Waals surface area contributed by atoms with E-state index in [0.717, 1.165) is 57.2 Å². The molecule has 0 bridgehead atoms. The van der Waals surface area contributed by atoms with Crippen LogP contribution in [0.2, 0.25) is 0 Å². The molecule has 2 heterocycles. The van der Waals surface area contributed by atoms with E-state index in [9.17, 15) is 0 Å². The first-order valence-corrected chi connectivity index (χ1v) is 7.88. The summed E-state index contributed by atoms with van der Waals surface area (Å²) >= 11 is 0. The molecule has 1 aromatic heterocycles. The normalized spacial score (nSPS) is 19.0. The molecule has 0 spiro atoms. The molecule has 3 rings (SSSR count). The molecule has 6 heteroatoms. The van der Waals surface area contributed by atoms with Gasteiger partial charge in [-0.3, -0.25) is 0 Å². The smallest absolute Gasteiger partial charge is 0.225 e. The summed E-state index contributed by atoms with van der Waals surface area (Å²) in [4.78, 5) is 14.4. The highest BCUT2D eigenvalue weighted by Gasteiger charge is 2.22. The fraction of sp³-hybridized carbons (Fsp3) is 0.733. The van der Waals surface area contributed by atoms with Crippen LogP contribution >= 0.6 is 12.4 Å². The van der Waals surface area contributed by atoms with Crippen LogP contribution in [-0.4, -0.2) is 47.6 Å². The minimum atomic E-state index is 0. The number of aromatic nitrogens is 2. The van der Waals surface area contributed by atoms with Gasteiger partial charge in [0.05, 0.1) is 5.69 Å². The predicted octanol–water partition coefficient (Wildman–Crippen LogP) is 1.38. The summed E-state index contributed by atoms with van der Waals surface area (Å²) < 4.78 is 0. The number of nitrogens with two attached hydrogens (primary N) is 1. The second-order valence-corrected chi connectivity index (χ2v) is 5.73. The predicted molar refractivity (Wildman–Crippen MR) is 88.1 cm³/mol. The lowest BCUT2D eigenvalue weighted by molar-refractivity contribution is 0.269. The Hall–Kier alpha value is -0.910. The van der Waals surface area contributed by atoms with Crippen molar-refractivity contribution in [2.24, 2.45) is 5.73 Å². The van der Waals surface area contributed by atoms with Gasteiger partial charge in [-0.1, -0.05) is 6.92 Å². The molecule has 21 heavy (non-hydrogen) atoms. The van der Waals surface area contributed by atoms with Crippen LogP contribution < -0.4 is 10.6 Å². The van der Waals surface area contributed by atoms with Crippen molar-refractivity contribution in [2.75, 3.05) is 37.6 Å². The van der Waals surface area contributed by atoms with Crippen LogP contribution in [0.25, 0.3) is 0 Å². The highest BCUT2D eigenvalue weighted by molar-refractivity contribution is 5.85. The fourth-order valence-corrected chi connectivity index (χ4v) is 3.23. The van der Waals surface area contributed by atoms with Gasteiger partial charge in [-0.05, 0) is 37.8 Å². The molecule has 0 radical (unpaired) electrons. The van der Waals surface area contributed by atoms with Crippen LogP contribution in [0.5, 0.6) is 0 Å². The molecule has 1 saturated heterocycles. The summed E-state index contributed by atoms with van der Waals surface area (Å²) in [6.45, 7) is 8.15. The molecule has 0 amide bonds. The second-order valence-electron chi connectivity index (χ2n) is 5.73. The zero-order valence-electron chi connectivity index (χ0n) is 12.8. The second kappa shape index (κ2) is 7.38. The number of piperazine rings is 1. The van der Waals surface area contributed by atoms with Gasteiger partial charge < -0.3 is 15.5 Å². The van der Waals surface area contributed by atoms with Crippen molar-refractivity contribution in [1.82, 2.24) is 14.9 Å². The van der Waals surface area contributed by atoms with E-state index in [1.807, 2.05) is 0 Å². The Morgan fingerprint density at radius 1 is 1.05 bits per heavy atom. The summed E-state index contributed by atoms with van der Waals surface area (Å²) in [6, 6.07) is 0. The maximum Gasteiger partial charge on any atom is 0.225 e. The molecule has 5 nitrogen and oxygen atoms in total. The van der Waals surface area contributed by atoms with Crippen molar-refractivity contribution >= 4 is 18.4 Å². The third-order valence-electron chi connectivity index (χ3n) is 4.55. The molecule has 0 saturated carbocycles. The van der Waals surface area contributed by atoms with Crippen LogP contribution in [0, 0.1) is 0 Å². The minimum absolute atomic E-state index is 0. The zero-order valence-corrected chi connectivity index (χ0v) is 13.7. The standard InChI is InChI=1S/C15H25N5.ClH/c1-2-19-7-9-20(10-8-19)15-17-13-6-4-3-5-12(13)14(11-16)18-15;/h2-11,16H2,1H3;1H. The molecule has 1 aromatic rings. The highest BCUT2D eigenvalue weighted by atomic mass is 35.5. The Morgan fingerprint density at radius 2 is 1.76 bits per heavy atom. The van der Waals surface area contributed by atoms with Crippen molar-refractivity contribution in [1.29, 1.82) is 0 Å². The lowest BCUT2D eigenvalue weighted by Gasteiger charge is -2.34. The van der Waals surface area contributed by atoms with Gasteiger partial charge in [0, 0.05) is 38.4 Å². The molecule has 1 aliphatic heterocycles. The number of aryl methyl sites for hydroxylation is 1. The molecule has 0 atom stereocenters. The van der Waals surface area contributed by atoms with E-state index in [1.54, 1.807) is 0 Å². The van der Waals surface area contributed by atoms with Crippen LogP contribution in [0.1, 0.15) is 36.7 Å². The van der Waals surface area contributed by atoms with Gasteiger partial charge in [-0.2, -0.15) is 0 Å². The minimum Gasteiger partial charge on any atom is -0.338 e.